The Morgan fingerprint density at radius 1 is 1.55 bits per heavy atom. The number of aliphatic hydroxyl groups is 1. The Bertz CT molecular complexity index is 115. The summed E-state index contributed by atoms with van der Waals surface area (Å²) in [6, 6.07) is 0. The molecular formula is C8H18FNO. The third-order valence-corrected chi connectivity index (χ3v) is 2.90. The van der Waals surface area contributed by atoms with Crippen LogP contribution in [0, 0.1) is 0 Å². The van der Waals surface area contributed by atoms with Crippen LogP contribution in [0.5, 0.6) is 0 Å². The molecule has 0 aromatic carbocycles. The molecule has 68 valence electrons. The molecule has 0 aromatic heterocycles. The van der Waals surface area contributed by atoms with Gasteiger partial charge in [0.1, 0.15) is 0 Å². The second-order valence-electron chi connectivity index (χ2n) is 3.26. The van der Waals surface area contributed by atoms with Gasteiger partial charge in [-0.2, -0.15) is 0 Å². The van der Waals surface area contributed by atoms with E-state index in [1.54, 1.807) is 0 Å². The highest BCUT2D eigenvalue weighted by molar-refractivity contribution is 4.92. The summed E-state index contributed by atoms with van der Waals surface area (Å²) in [7, 11) is 2.10. The van der Waals surface area contributed by atoms with Crippen LogP contribution in [0.1, 0.15) is 26.2 Å². The Morgan fingerprint density at radius 2 is 2.18 bits per heavy atom. The fourth-order valence-electron chi connectivity index (χ4n) is 1.83. The first-order chi connectivity index (χ1) is 4.75. The molecule has 11 heavy (non-hydrogen) atoms. The second-order valence-corrected chi connectivity index (χ2v) is 3.26. The van der Waals surface area contributed by atoms with Crippen LogP contribution in [0.3, 0.4) is 0 Å². The summed E-state index contributed by atoms with van der Waals surface area (Å²) in [5.74, 6) is 0. The molecule has 0 aromatic rings. The molecule has 0 aliphatic carbocycles. The number of likely N-dealkylation sites (tertiary alicyclic amines) is 1. The van der Waals surface area contributed by atoms with Crippen LogP contribution in [0.2, 0.25) is 0 Å². The van der Waals surface area contributed by atoms with E-state index in [1.165, 1.54) is 6.42 Å². The van der Waals surface area contributed by atoms with Crippen LogP contribution in [0.4, 0.5) is 4.70 Å². The highest BCUT2D eigenvalue weighted by atomic mass is 19.0. The molecule has 0 radical (unpaired) electrons. The second kappa shape index (κ2) is 4.02. The van der Waals surface area contributed by atoms with Crippen LogP contribution in [-0.4, -0.2) is 35.7 Å². The van der Waals surface area contributed by atoms with Crippen molar-refractivity contribution < 1.29 is 9.81 Å². The van der Waals surface area contributed by atoms with E-state index >= 15 is 0 Å². The van der Waals surface area contributed by atoms with Crippen molar-refractivity contribution in [1.29, 1.82) is 0 Å². The summed E-state index contributed by atoms with van der Waals surface area (Å²) >= 11 is 0. The van der Waals surface area contributed by atoms with Gasteiger partial charge in [0.05, 0.1) is 6.61 Å². The molecule has 0 unspecified atom stereocenters. The fourth-order valence-corrected chi connectivity index (χ4v) is 1.83. The first-order valence-corrected chi connectivity index (χ1v) is 4.07. The molecule has 1 aliphatic rings. The summed E-state index contributed by atoms with van der Waals surface area (Å²) in [5.41, 5.74) is 0.125. The number of likely N-dealkylation sites (N-methyl/N-ethyl adjacent to an activating group) is 1. The minimum atomic E-state index is 0. The predicted molar refractivity (Wildman–Crippen MR) is 44.5 cm³/mol. The van der Waals surface area contributed by atoms with E-state index in [0.29, 0.717) is 6.61 Å². The highest BCUT2D eigenvalue weighted by Gasteiger charge is 2.35. The lowest BCUT2D eigenvalue weighted by atomic mass is 9.94. The summed E-state index contributed by atoms with van der Waals surface area (Å²) in [6.07, 6.45) is 3.47. The molecule has 0 spiro atoms. The van der Waals surface area contributed by atoms with Gasteiger partial charge in [0.15, 0.2) is 0 Å². The van der Waals surface area contributed by atoms with Crippen LogP contribution in [0.25, 0.3) is 0 Å². The van der Waals surface area contributed by atoms with Crippen molar-refractivity contribution in [3.8, 4) is 0 Å². The van der Waals surface area contributed by atoms with Gasteiger partial charge in [0.25, 0.3) is 0 Å². The lowest BCUT2D eigenvalue weighted by Gasteiger charge is -2.33. The lowest BCUT2D eigenvalue weighted by molar-refractivity contribution is 0.0804. The summed E-state index contributed by atoms with van der Waals surface area (Å²) in [5, 5.41) is 9.15. The number of rotatable bonds is 2. The van der Waals surface area contributed by atoms with E-state index in [0.717, 1.165) is 19.4 Å². The maximum Gasteiger partial charge on any atom is 0.0615 e. The average Bonchev–Trinajstić information content (AvgIpc) is 2.32. The van der Waals surface area contributed by atoms with E-state index in [1.807, 2.05) is 0 Å². The van der Waals surface area contributed by atoms with Gasteiger partial charge in [-0.05, 0) is 32.9 Å². The van der Waals surface area contributed by atoms with Gasteiger partial charge in [-0.15, -0.1) is 0 Å². The van der Waals surface area contributed by atoms with Crippen molar-refractivity contribution in [2.75, 3.05) is 20.2 Å². The van der Waals surface area contributed by atoms with Crippen molar-refractivity contribution in [2.24, 2.45) is 0 Å². The predicted octanol–water partition coefficient (Wildman–Crippen LogP) is 1.01. The molecule has 1 heterocycles. The first-order valence-electron chi connectivity index (χ1n) is 4.07. The normalized spacial score (nSPS) is 31.9. The van der Waals surface area contributed by atoms with E-state index in [4.69, 9.17) is 5.11 Å². The monoisotopic (exact) mass is 163 g/mol. The van der Waals surface area contributed by atoms with Crippen LogP contribution < -0.4 is 0 Å². The molecule has 2 nitrogen and oxygen atoms in total. The van der Waals surface area contributed by atoms with E-state index in [9.17, 15) is 0 Å². The fraction of sp³-hybridized carbons (Fsp3) is 1.00. The number of halogens is 1. The summed E-state index contributed by atoms with van der Waals surface area (Å²) < 4.78 is 0. The van der Waals surface area contributed by atoms with Gasteiger partial charge in [-0.25, -0.2) is 0 Å². The minimum Gasteiger partial charge on any atom is -0.394 e. The van der Waals surface area contributed by atoms with Crippen LogP contribution >= 0.6 is 0 Å². The SMILES string of the molecule is CC[C@]1(CO)CCCN1C.F. The summed E-state index contributed by atoms with van der Waals surface area (Å²) in [6.45, 7) is 3.62. The zero-order chi connectivity index (χ0) is 7.61. The first kappa shape index (κ1) is 10.8. The zero-order valence-corrected chi connectivity index (χ0v) is 7.34. The highest BCUT2D eigenvalue weighted by Crippen LogP contribution is 2.29. The standard InChI is InChI=1S/C8H17NO.FH/c1-3-8(7-10)5-4-6-9(8)2;/h10H,3-7H2,1-2H3;1H/t8-;/m1./s1. The van der Waals surface area contributed by atoms with Gasteiger partial charge in [-0.3, -0.25) is 9.60 Å². The Labute approximate surface area is 67.6 Å². The third kappa shape index (κ3) is 1.71. The topological polar surface area (TPSA) is 23.5 Å². The molecule has 1 aliphatic heterocycles. The van der Waals surface area contributed by atoms with Crippen LogP contribution in [-0.2, 0) is 0 Å². The van der Waals surface area contributed by atoms with Crippen molar-refractivity contribution in [1.82, 2.24) is 4.90 Å². The number of aliphatic hydroxyl groups excluding tert-OH is 1. The minimum absolute atomic E-state index is 0. The molecule has 1 N–H and O–H groups in total. The van der Waals surface area contributed by atoms with E-state index in [-0.39, 0.29) is 10.2 Å². The van der Waals surface area contributed by atoms with Crippen molar-refractivity contribution in [2.45, 2.75) is 31.7 Å². The molecular weight excluding hydrogens is 145 g/mol. The number of nitrogens with zero attached hydrogens (tertiary/aromatic N) is 1. The lowest BCUT2D eigenvalue weighted by Crippen LogP contribution is -2.43. The van der Waals surface area contributed by atoms with Gasteiger partial charge >= 0.3 is 0 Å². The Morgan fingerprint density at radius 3 is 2.36 bits per heavy atom. The Kier molecular flexibility index (Phi) is 3.97. The Hall–Kier alpha value is -0.150. The van der Waals surface area contributed by atoms with Gasteiger partial charge in [0, 0.05) is 5.54 Å². The Balaban J connectivity index is 0.000001000. The third-order valence-electron chi connectivity index (χ3n) is 2.90. The largest absolute Gasteiger partial charge is 0.394 e. The molecule has 0 bridgehead atoms. The molecule has 3 heteroatoms. The quantitative estimate of drug-likeness (QED) is 0.656. The smallest absolute Gasteiger partial charge is 0.0615 e. The molecule has 1 atom stereocenters. The van der Waals surface area contributed by atoms with Gasteiger partial charge in [-0.1, -0.05) is 6.92 Å². The molecule has 0 saturated carbocycles. The van der Waals surface area contributed by atoms with E-state index < -0.39 is 0 Å². The van der Waals surface area contributed by atoms with Crippen molar-refractivity contribution in [3.05, 3.63) is 0 Å². The van der Waals surface area contributed by atoms with E-state index in [2.05, 4.69) is 18.9 Å². The number of hydrogen-bond acceptors (Lipinski definition) is 2. The number of hydrogen-bond donors (Lipinski definition) is 1. The average molecular weight is 163 g/mol. The molecule has 1 fully saturated rings. The zero-order valence-electron chi connectivity index (χ0n) is 7.34. The molecule has 1 rings (SSSR count). The van der Waals surface area contributed by atoms with Crippen molar-refractivity contribution >= 4 is 0 Å². The van der Waals surface area contributed by atoms with Gasteiger partial charge < -0.3 is 5.11 Å². The molecule has 0 amide bonds. The van der Waals surface area contributed by atoms with Crippen molar-refractivity contribution in [3.63, 3.8) is 0 Å². The molecule has 1 saturated heterocycles. The van der Waals surface area contributed by atoms with Crippen LogP contribution in [0.15, 0.2) is 0 Å². The van der Waals surface area contributed by atoms with Gasteiger partial charge in [0.2, 0.25) is 0 Å². The maximum absolute atomic E-state index is 9.15. The maximum atomic E-state index is 9.15. The summed E-state index contributed by atoms with van der Waals surface area (Å²) in [4.78, 5) is 2.28.